The van der Waals surface area contributed by atoms with E-state index in [0.29, 0.717) is 0 Å². The molecule has 0 aliphatic carbocycles. The van der Waals surface area contributed by atoms with Crippen LogP contribution < -0.4 is 4.74 Å². The summed E-state index contributed by atoms with van der Waals surface area (Å²) < 4.78 is 5.63. The fraction of sp³-hybridized carbons (Fsp3) is 0.154. The second-order valence-electron chi connectivity index (χ2n) is 3.55. The monoisotopic (exact) mass is 199 g/mol. The van der Waals surface area contributed by atoms with Crippen LogP contribution in [0.2, 0.25) is 0 Å². The Hall–Kier alpha value is -1.83. The first-order valence-electron chi connectivity index (χ1n) is 4.91. The van der Waals surface area contributed by atoms with Gasteiger partial charge in [-0.25, -0.2) is 0 Å². The minimum Gasteiger partial charge on any atom is -0.456 e. The van der Waals surface area contributed by atoms with E-state index in [0.717, 1.165) is 17.2 Å². The van der Waals surface area contributed by atoms with E-state index in [1.54, 1.807) is 6.20 Å². The van der Waals surface area contributed by atoms with Crippen LogP contribution in [-0.2, 0) is 0 Å². The zero-order valence-electron chi connectivity index (χ0n) is 8.90. The van der Waals surface area contributed by atoms with Crippen molar-refractivity contribution in [1.29, 1.82) is 0 Å². The molecule has 0 fully saturated rings. The second-order valence-corrected chi connectivity index (χ2v) is 3.55. The van der Waals surface area contributed by atoms with Gasteiger partial charge in [0.15, 0.2) is 0 Å². The zero-order chi connectivity index (χ0) is 10.7. The molecule has 0 aliphatic rings. The Balaban J connectivity index is 2.15. The van der Waals surface area contributed by atoms with Gasteiger partial charge in [-0.3, -0.25) is 4.98 Å². The molecule has 0 aliphatic heterocycles. The number of hydrogen-bond donors (Lipinski definition) is 0. The summed E-state index contributed by atoms with van der Waals surface area (Å²) in [7, 11) is 0. The van der Waals surface area contributed by atoms with Gasteiger partial charge in [0.05, 0.1) is 6.20 Å². The maximum atomic E-state index is 5.63. The molecule has 2 heteroatoms. The van der Waals surface area contributed by atoms with Crippen LogP contribution in [0.3, 0.4) is 0 Å². The molecule has 0 saturated carbocycles. The number of ether oxygens (including phenoxy) is 1. The standard InChI is InChI=1S/C13H13NO/c1-10-3-6-12(7-4-10)15-13-8-5-11(2)14-9-13/h3-9H,1-2H3. The lowest BCUT2D eigenvalue weighted by Crippen LogP contribution is -1.86. The molecule has 76 valence electrons. The first-order chi connectivity index (χ1) is 7.24. The van der Waals surface area contributed by atoms with Crippen LogP contribution in [0, 0.1) is 13.8 Å². The van der Waals surface area contributed by atoms with Gasteiger partial charge in [-0.2, -0.15) is 0 Å². The molecule has 0 N–H and O–H groups in total. The third kappa shape index (κ3) is 2.56. The summed E-state index contributed by atoms with van der Waals surface area (Å²) in [5.41, 5.74) is 2.22. The van der Waals surface area contributed by atoms with Crippen LogP contribution >= 0.6 is 0 Å². The minimum absolute atomic E-state index is 0.768. The highest BCUT2D eigenvalue weighted by atomic mass is 16.5. The Labute approximate surface area is 89.6 Å². The Kier molecular flexibility index (Phi) is 2.68. The van der Waals surface area contributed by atoms with Crippen molar-refractivity contribution < 1.29 is 4.74 Å². The molecule has 0 bridgehead atoms. The molecule has 0 amide bonds. The largest absolute Gasteiger partial charge is 0.456 e. The molecule has 2 aromatic rings. The third-order valence-electron chi connectivity index (χ3n) is 2.14. The van der Waals surface area contributed by atoms with Crippen LogP contribution in [0.5, 0.6) is 11.5 Å². The van der Waals surface area contributed by atoms with Crippen LogP contribution in [0.25, 0.3) is 0 Å². The summed E-state index contributed by atoms with van der Waals surface area (Å²) >= 11 is 0. The predicted octanol–water partition coefficient (Wildman–Crippen LogP) is 3.49. The van der Waals surface area contributed by atoms with Crippen molar-refractivity contribution in [1.82, 2.24) is 4.98 Å². The molecule has 15 heavy (non-hydrogen) atoms. The smallest absolute Gasteiger partial charge is 0.145 e. The maximum Gasteiger partial charge on any atom is 0.145 e. The SMILES string of the molecule is Cc1ccc(Oc2ccc(C)nc2)cc1. The molecule has 1 aromatic carbocycles. The maximum absolute atomic E-state index is 5.63. The van der Waals surface area contributed by atoms with E-state index < -0.39 is 0 Å². The van der Waals surface area contributed by atoms with E-state index in [1.165, 1.54) is 5.56 Å². The van der Waals surface area contributed by atoms with Crippen molar-refractivity contribution >= 4 is 0 Å². The lowest BCUT2D eigenvalue weighted by molar-refractivity contribution is 0.480. The first-order valence-corrected chi connectivity index (χ1v) is 4.91. The van der Waals surface area contributed by atoms with Crippen molar-refractivity contribution in [2.75, 3.05) is 0 Å². The predicted molar refractivity (Wildman–Crippen MR) is 60.2 cm³/mol. The molecule has 1 heterocycles. The molecule has 0 saturated heterocycles. The van der Waals surface area contributed by atoms with Crippen molar-refractivity contribution in [3.63, 3.8) is 0 Å². The number of benzene rings is 1. The van der Waals surface area contributed by atoms with Gasteiger partial charge in [-0.1, -0.05) is 17.7 Å². The molecule has 0 radical (unpaired) electrons. The normalized spacial score (nSPS) is 10.0. The van der Waals surface area contributed by atoms with Crippen LogP contribution in [0.1, 0.15) is 11.3 Å². The average Bonchev–Trinajstić information content (AvgIpc) is 2.25. The molecule has 0 atom stereocenters. The summed E-state index contributed by atoms with van der Waals surface area (Å²) in [4.78, 5) is 4.17. The topological polar surface area (TPSA) is 22.1 Å². The van der Waals surface area contributed by atoms with E-state index in [9.17, 15) is 0 Å². The van der Waals surface area contributed by atoms with E-state index in [2.05, 4.69) is 11.9 Å². The average molecular weight is 199 g/mol. The summed E-state index contributed by atoms with van der Waals surface area (Å²) in [6, 6.07) is 11.8. The number of aryl methyl sites for hydroxylation is 2. The highest BCUT2D eigenvalue weighted by Crippen LogP contribution is 2.20. The lowest BCUT2D eigenvalue weighted by atomic mass is 10.2. The number of hydrogen-bond acceptors (Lipinski definition) is 2. The third-order valence-corrected chi connectivity index (χ3v) is 2.14. The van der Waals surface area contributed by atoms with Gasteiger partial charge in [0.2, 0.25) is 0 Å². The fourth-order valence-corrected chi connectivity index (χ4v) is 1.26. The highest BCUT2D eigenvalue weighted by molar-refractivity contribution is 5.31. The molecule has 2 rings (SSSR count). The van der Waals surface area contributed by atoms with Gasteiger partial charge in [0.1, 0.15) is 11.5 Å². The lowest BCUT2D eigenvalue weighted by Gasteiger charge is -2.05. The summed E-state index contributed by atoms with van der Waals surface area (Å²) in [6.07, 6.45) is 1.73. The number of aromatic nitrogens is 1. The number of pyridine rings is 1. The summed E-state index contributed by atoms with van der Waals surface area (Å²) in [5.74, 6) is 1.61. The summed E-state index contributed by atoms with van der Waals surface area (Å²) in [6.45, 7) is 4.01. The van der Waals surface area contributed by atoms with Crippen LogP contribution in [0.4, 0.5) is 0 Å². The Morgan fingerprint density at radius 3 is 2.13 bits per heavy atom. The van der Waals surface area contributed by atoms with E-state index in [1.807, 2.05) is 43.3 Å². The van der Waals surface area contributed by atoms with Crippen LogP contribution in [0.15, 0.2) is 42.6 Å². The number of rotatable bonds is 2. The van der Waals surface area contributed by atoms with Gasteiger partial charge in [-0.15, -0.1) is 0 Å². The molecular weight excluding hydrogens is 186 g/mol. The van der Waals surface area contributed by atoms with Gasteiger partial charge < -0.3 is 4.74 Å². The van der Waals surface area contributed by atoms with Crippen molar-refractivity contribution in [3.8, 4) is 11.5 Å². The summed E-state index contributed by atoms with van der Waals surface area (Å²) in [5, 5.41) is 0. The molecule has 0 spiro atoms. The Morgan fingerprint density at radius 2 is 1.53 bits per heavy atom. The second kappa shape index (κ2) is 4.13. The zero-order valence-corrected chi connectivity index (χ0v) is 8.90. The van der Waals surface area contributed by atoms with E-state index >= 15 is 0 Å². The molecule has 1 aromatic heterocycles. The molecular formula is C13H13NO. The van der Waals surface area contributed by atoms with Crippen molar-refractivity contribution in [2.24, 2.45) is 0 Å². The molecule has 2 nitrogen and oxygen atoms in total. The quantitative estimate of drug-likeness (QED) is 0.738. The molecule has 0 unspecified atom stereocenters. The van der Waals surface area contributed by atoms with Crippen molar-refractivity contribution in [2.45, 2.75) is 13.8 Å². The van der Waals surface area contributed by atoms with E-state index in [4.69, 9.17) is 4.74 Å². The fourth-order valence-electron chi connectivity index (χ4n) is 1.26. The number of nitrogens with zero attached hydrogens (tertiary/aromatic N) is 1. The first kappa shape index (κ1) is 9.71. The van der Waals surface area contributed by atoms with Gasteiger partial charge in [0, 0.05) is 5.69 Å². The van der Waals surface area contributed by atoms with Gasteiger partial charge >= 0.3 is 0 Å². The highest BCUT2D eigenvalue weighted by Gasteiger charge is 1.96. The van der Waals surface area contributed by atoms with Crippen LogP contribution in [-0.4, -0.2) is 4.98 Å². The Bertz CT molecular complexity index is 388. The minimum atomic E-state index is 0.768. The van der Waals surface area contributed by atoms with E-state index in [-0.39, 0.29) is 0 Å². The Morgan fingerprint density at radius 1 is 0.867 bits per heavy atom. The van der Waals surface area contributed by atoms with Gasteiger partial charge in [0.25, 0.3) is 0 Å². The van der Waals surface area contributed by atoms with Gasteiger partial charge in [-0.05, 0) is 38.1 Å². The van der Waals surface area contributed by atoms with Crippen molar-refractivity contribution in [3.05, 3.63) is 53.9 Å².